The number of halogens is 4. The molecule has 26 heavy (non-hydrogen) atoms. The number of rotatable bonds is 3. The van der Waals surface area contributed by atoms with E-state index in [1.54, 1.807) is 4.90 Å². The Morgan fingerprint density at radius 2 is 1.92 bits per heavy atom. The van der Waals surface area contributed by atoms with E-state index in [1.807, 2.05) is 0 Å². The molecule has 144 valence electrons. The maximum atomic E-state index is 13.4. The van der Waals surface area contributed by atoms with E-state index < -0.39 is 29.8 Å². The van der Waals surface area contributed by atoms with Crippen molar-refractivity contribution in [3.63, 3.8) is 0 Å². The van der Waals surface area contributed by atoms with Crippen LogP contribution in [0.1, 0.15) is 35.6 Å². The van der Waals surface area contributed by atoms with Crippen LogP contribution in [0.3, 0.4) is 0 Å². The first kappa shape index (κ1) is 18.8. The molecule has 1 aromatic heterocycles. The Balaban J connectivity index is 1.76. The van der Waals surface area contributed by atoms with Gasteiger partial charge in [-0.3, -0.25) is 9.69 Å². The number of carbonyl (C=O) groups is 1. The Labute approximate surface area is 148 Å². The molecule has 1 aromatic rings. The third-order valence-corrected chi connectivity index (χ3v) is 4.95. The number of aromatic nitrogens is 2. The van der Waals surface area contributed by atoms with Crippen molar-refractivity contribution in [2.75, 3.05) is 38.1 Å². The molecule has 3 rings (SSSR count). The van der Waals surface area contributed by atoms with Crippen LogP contribution < -0.4 is 10.2 Å². The standard InChI is InChI=1S/C16H21F4N5O/c1-21-15(26)14-22-8-12(13(23-14)16(18,19)20)24-6-3-11(4-7-24)25-5-2-10(17)9-25/h8,10-11H,2-7,9H2,1H3,(H,21,26). The minimum Gasteiger partial charge on any atom is -0.368 e. The smallest absolute Gasteiger partial charge is 0.368 e. The van der Waals surface area contributed by atoms with Crippen LogP contribution in [-0.2, 0) is 6.18 Å². The number of amides is 1. The zero-order valence-corrected chi connectivity index (χ0v) is 14.4. The number of anilines is 1. The van der Waals surface area contributed by atoms with Crippen LogP contribution in [0.2, 0.25) is 0 Å². The van der Waals surface area contributed by atoms with E-state index in [-0.39, 0.29) is 11.7 Å². The number of likely N-dealkylation sites (tertiary alicyclic amines) is 1. The summed E-state index contributed by atoms with van der Waals surface area (Å²) in [5.41, 5.74) is -1.22. The maximum absolute atomic E-state index is 13.4. The predicted octanol–water partition coefficient (Wildman–Crippen LogP) is 1.87. The number of nitrogens with zero attached hydrogens (tertiary/aromatic N) is 4. The second kappa shape index (κ2) is 7.34. The van der Waals surface area contributed by atoms with Gasteiger partial charge < -0.3 is 10.2 Å². The number of alkyl halides is 4. The molecule has 1 unspecified atom stereocenters. The number of carbonyl (C=O) groups excluding carboxylic acids is 1. The van der Waals surface area contributed by atoms with Gasteiger partial charge in [0.15, 0.2) is 5.69 Å². The molecule has 0 aromatic carbocycles. The van der Waals surface area contributed by atoms with Gasteiger partial charge in [-0.15, -0.1) is 0 Å². The van der Waals surface area contributed by atoms with Gasteiger partial charge in [-0.25, -0.2) is 14.4 Å². The van der Waals surface area contributed by atoms with E-state index >= 15 is 0 Å². The van der Waals surface area contributed by atoms with Gasteiger partial charge in [0.1, 0.15) is 6.17 Å². The normalized spacial score (nSPS) is 22.7. The van der Waals surface area contributed by atoms with Crippen LogP contribution in [0.5, 0.6) is 0 Å². The third-order valence-electron chi connectivity index (χ3n) is 4.95. The number of piperidine rings is 1. The van der Waals surface area contributed by atoms with Gasteiger partial charge in [-0.2, -0.15) is 13.2 Å². The Morgan fingerprint density at radius 1 is 1.23 bits per heavy atom. The average molecular weight is 375 g/mol. The highest BCUT2D eigenvalue weighted by molar-refractivity contribution is 5.90. The summed E-state index contributed by atoms with van der Waals surface area (Å²) in [5, 5.41) is 2.22. The van der Waals surface area contributed by atoms with Crippen LogP contribution in [-0.4, -0.2) is 66.2 Å². The van der Waals surface area contributed by atoms with Crippen molar-refractivity contribution < 1.29 is 22.4 Å². The van der Waals surface area contributed by atoms with Gasteiger partial charge in [0.05, 0.1) is 11.9 Å². The molecule has 2 fully saturated rings. The minimum absolute atomic E-state index is 0.117. The van der Waals surface area contributed by atoms with Gasteiger partial charge in [-0.1, -0.05) is 0 Å². The van der Waals surface area contributed by atoms with Crippen LogP contribution in [0.15, 0.2) is 6.20 Å². The lowest BCUT2D eigenvalue weighted by Crippen LogP contribution is -2.45. The van der Waals surface area contributed by atoms with Crippen molar-refractivity contribution in [2.24, 2.45) is 0 Å². The summed E-state index contributed by atoms with van der Waals surface area (Å²) in [6.45, 7) is 1.92. The first-order chi connectivity index (χ1) is 12.3. The maximum Gasteiger partial charge on any atom is 0.435 e. The first-order valence-electron chi connectivity index (χ1n) is 8.59. The SMILES string of the molecule is CNC(=O)c1ncc(N2CCC(N3CCC(F)C3)CC2)c(C(F)(F)F)n1. The van der Waals surface area contributed by atoms with E-state index in [1.165, 1.54) is 7.05 Å². The molecule has 1 amide bonds. The summed E-state index contributed by atoms with van der Waals surface area (Å²) < 4.78 is 53.6. The lowest BCUT2D eigenvalue weighted by molar-refractivity contribution is -0.140. The molecule has 0 aliphatic carbocycles. The lowest BCUT2D eigenvalue weighted by atomic mass is 10.0. The van der Waals surface area contributed by atoms with Crippen molar-refractivity contribution in [2.45, 2.75) is 37.7 Å². The molecule has 0 spiro atoms. The van der Waals surface area contributed by atoms with Crippen molar-refractivity contribution in [1.29, 1.82) is 0 Å². The molecule has 0 bridgehead atoms. The highest BCUT2D eigenvalue weighted by atomic mass is 19.4. The zero-order valence-electron chi connectivity index (χ0n) is 14.4. The highest BCUT2D eigenvalue weighted by Crippen LogP contribution is 2.36. The van der Waals surface area contributed by atoms with Gasteiger partial charge in [0.25, 0.3) is 5.91 Å². The minimum atomic E-state index is -4.69. The Kier molecular flexibility index (Phi) is 5.31. The Bertz CT molecular complexity index is 661. The highest BCUT2D eigenvalue weighted by Gasteiger charge is 2.39. The lowest BCUT2D eigenvalue weighted by Gasteiger charge is -2.38. The van der Waals surface area contributed by atoms with Crippen molar-refractivity contribution in [3.05, 3.63) is 17.7 Å². The Hall–Kier alpha value is -1.97. The molecular weight excluding hydrogens is 354 g/mol. The molecule has 0 radical (unpaired) electrons. The zero-order chi connectivity index (χ0) is 18.9. The molecular formula is C16H21F4N5O. The quantitative estimate of drug-likeness (QED) is 0.818. The summed E-state index contributed by atoms with van der Waals surface area (Å²) in [7, 11) is 1.30. The van der Waals surface area contributed by atoms with E-state index in [4.69, 9.17) is 0 Å². The molecule has 1 N–H and O–H groups in total. The molecule has 2 aliphatic rings. The van der Waals surface area contributed by atoms with Gasteiger partial charge in [0.2, 0.25) is 5.82 Å². The summed E-state index contributed by atoms with van der Waals surface area (Å²) in [5.74, 6) is -1.28. The van der Waals surface area contributed by atoms with Gasteiger partial charge in [0, 0.05) is 39.3 Å². The Morgan fingerprint density at radius 3 is 2.46 bits per heavy atom. The summed E-state index contributed by atoms with van der Waals surface area (Å²) in [6, 6.07) is 0.187. The molecule has 10 heteroatoms. The fourth-order valence-electron chi connectivity index (χ4n) is 3.58. The monoisotopic (exact) mass is 375 g/mol. The first-order valence-corrected chi connectivity index (χ1v) is 8.59. The van der Waals surface area contributed by atoms with Gasteiger partial charge >= 0.3 is 6.18 Å². The van der Waals surface area contributed by atoms with Crippen molar-refractivity contribution >= 4 is 11.6 Å². The van der Waals surface area contributed by atoms with E-state index in [2.05, 4.69) is 20.2 Å². The van der Waals surface area contributed by atoms with Crippen LogP contribution in [0, 0.1) is 0 Å². The second-order valence-electron chi connectivity index (χ2n) is 6.60. The summed E-state index contributed by atoms with van der Waals surface area (Å²) >= 11 is 0. The number of hydrogen-bond donors (Lipinski definition) is 1. The van der Waals surface area contributed by atoms with Crippen LogP contribution in [0.25, 0.3) is 0 Å². The summed E-state index contributed by atoms with van der Waals surface area (Å²) in [4.78, 5) is 22.4. The second-order valence-corrected chi connectivity index (χ2v) is 6.60. The molecule has 2 aliphatic heterocycles. The van der Waals surface area contributed by atoms with Gasteiger partial charge in [-0.05, 0) is 19.3 Å². The molecule has 2 saturated heterocycles. The number of nitrogens with one attached hydrogen (secondary N) is 1. The predicted molar refractivity (Wildman–Crippen MR) is 86.7 cm³/mol. The summed E-state index contributed by atoms with van der Waals surface area (Å²) in [6.07, 6.45) is -2.60. The van der Waals surface area contributed by atoms with E-state index in [0.717, 1.165) is 6.20 Å². The topological polar surface area (TPSA) is 61.4 Å². The molecule has 6 nitrogen and oxygen atoms in total. The third kappa shape index (κ3) is 3.89. The van der Waals surface area contributed by atoms with Crippen LogP contribution in [0.4, 0.5) is 23.2 Å². The molecule has 0 saturated carbocycles. The van der Waals surface area contributed by atoms with E-state index in [9.17, 15) is 22.4 Å². The average Bonchev–Trinajstić information content (AvgIpc) is 3.06. The molecule has 3 heterocycles. The van der Waals surface area contributed by atoms with Crippen molar-refractivity contribution in [1.82, 2.24) is 20.2 Å². The van der Waals surface area contributed by atoms with Crippen LogP contribution >= 0.6 is 0 Å². The fourth-order valence-corrected chi connectivity index (χ4v) is 3.58. The van der Waals surface area contributed by atoms with Crippen molar-refractivity contribution in [3.8, 4) is 0 Å². The largest absolute Gasteiger partial charge is 0.435 e. The van der Waals surface area contributed by atoms with E-state index in [0.29, 0.717) is 45.4 Å². The molecule has 1 atom stereocenters. The number of hydrogen-bond acceptors (Lipinski definition) is 5. The fraction of sp³-hybridized carbons (Fsp3) is 0.688.